The Morgan fingerprint density at radius 1 is 1.24 bits per heavy atom. The third kappa shape index (κ3) is 2.88. The molecule has 1 heterocycles. The van der Waals surface area contributed by atoms with Gasteiger partial charge in [-0.15, -0.1) is 0 Å². The highest BCUT2D eigenvalue weighted by molar-refractivity contribution is 7.90. The lowest BCUT2D eigenvalue weighted by Gasteiger charge is -2.13. The van der Waals surface area contributed by atoms with Gasteiger partial charge in [0, 0.05) is 24.4 Å². The van der Waals surface area contributed by atoms with Crippen LogP contribution in [0.1, 0.15) is 25.6 Å². The van der Waals surface area contributed by atoms with Gasteiger partial charge in [0.2, 0.25) is 0 Å². The number of hydrogen-bond donors (Lipinski definition) is 0. The number of hydrogen-bond acceptors (Lipinski definition) is 4. The molecule has 2 aromatic rings. The van der Waals surface area contributed by atoms with Crippen molar-refractivity contribution < 1.29 is 13.2 Å². The molecule has 0 aliphatic heterocycles. The number of aromatic nitrogens is 2. The second-order valence-corrected chi connectivity index (χ2v) is 7.26. The van der Waals surface area contributed by atoms with Gasteiger partial charge in [0.05, 0.1) is 17.2 Å². The summed E-state index contributed by atoms with van der Waals surface area (Å²) in [6, 6.07) is 2.66. The lowest BCUT2D eigenvalue weighted by molar-refractivity contribution is 0.414. The molecule has 8 heteroatoms. The number of imidazole rings is 1. The lowest BCUT2D eigenvalue weighted by Crippen LogP contribution is -2.16. The SMILES string of the molecule is COc1cc(Cl)c(S(=O)(=O)n2ccnc2C(C)C)cc1Cl. The fourth-order valence-corrected chi connectivity index (χ4v) is 4.14. The molecular formula is C13H14Cl2N2O3S. The Kier molecular flexibility index (Phi) is 4.51. The van der Waals surface area contributed by atoms with E-state index in [-0.39, 0.29) is 20.9 Å². The minimum Gasteiger partial charge on any atom is -0.495 e. The molecule has 0 saturated heterocycles. The van der Waals surface area contributed by atoms with E-state index in [0.29, 0.717) is 11.6 Å². The van der Waals surface area contributed by atoms with Gasteiger partial charge in [0.1, 0.15) is 16.5 Å². The first-order chi connectivity index (χ1) is 9.78. The number of benzene rings is 1. The zero-order valence-electron chi connectivity index (χ0n) is 11.7. The monoisotopic (exact) mass is 348 g/mol. The minimum absolute atomic E-state index is 0.0413. The Hall–Kier alpha value is -1.24. The van der Waals surface area contributed by atoms with Crippen molar-refractivity contribution in [2.24, 2.45) is 0 Å². The average molecular weight is 349 g/mol. The molecule has 0 radical (unpaired) electrons. The first kappa shape index (κ1) is 16.1. The molecule has 0 aliphatic rings. The van der Waals surface area contributed by atoms with Gasteiger partial charge < -0.3 is 4.74 Å². The Morgan fingerprint density at radius 3 is 2.48 bits per heavy atom. The van der Waals surface area contributed by atoms with E-state index in [0.717, 1.165) is 3.97 Å². The first-order valence-corrected chi connectivity index (χ1v) is 8.30. The van der Waals surface area contributed by atoms with E-state index in [4.69, 9.17) is 27.9 Å². The van der Waals surface area contributed by atoms with Gasteiger partial charge in [-0.3, -0.25) is 0 Å². The molecule has 1 aromatic carbocycles. The van der Waals surface area contributed by atoms with Crippen LogP contribution in [0.2, 0.25) is 10.0 Å². The third-order valence-corrected chi connectivity index (χ3v) is 5.33. The molecule has 1 aromatic heterocycles. The highest BCUT2D eigenvalue weighted by Crippen LogP contribution is 2.34. The van der Waals surface area contributed by atoms with Crippen molar-refractivity contribution in [2.45, 2.75) is 24.7 Å². The summed E-state index contributed by atoms with van der Waals surface area (Å²) in [6.07, 6.45) is 2.82. The topological polar surface area (TPSA) is 61.2 Å². The smallest absolute Gasteiger partial charge is 0.270 e. The summed E-state index contributed by atoms with van der Waals surface area (Å²) in [4.78, 5) is 3.99. The van der Waals surface area contributed by atoms with Crippen molar-refractivity contribution in [3.8, 4) is 5.75 Å². The Balaban J connectivity index is 2.65. The summed E-state index contributed by atoms with van der Waals surface area (Å²) >= 11 is 12.1. The van der Waals surface area contributed by atoms with E-state index in [9.17, 15) is 8.42 Å². The molecule has 0 aliphatic carbocycles. The van der Waals surface area contributed by atoms with E-state index >= 15 is 0 Å². The first-order valence-electron chi connectivity index (χ1n) is 6.11. The summed E-state index contributed by atoms with van der Waals surface area (Å²) in [5, 5.41) is 0.214. The molecule has 21 heavy (non-hydrogen) atoms. The van der Waals surface area contributed by atoms with Crippen LogP contribution in [0, 0.1) is 0 Å². The highest BCUT2D eigenvalue weighted by Gasteiger charge is 2.25. The third-order valence-electron chi connectivity index (χ3n) is 2.89. The van der Waals surface area contributed by atoms with Crippen LogP contribution >= 0.6 is 23.2 Å². The number of ether oxygens (including phenoxy) is 1. The average Bonchev–Trinajstić information content (AvgIpc) is 2.91. The molecule has 0 bridgehead atoms. The highest BCUT2D eigenvalue weighted by atomic mass is 35.5. The number of methoxy groups -OCH3 is 1. The Bertz CT molecular complexity index is 770. The lowest BCUT2D eigenvalue weighted by atomic mass is 10.2. The van der Waals surface area contributed by atoms with Crippen molar-refractivity contribution in [1.29, 1.82) is 0 Å². The quantitative estimate of drug-likeness (QED) is 0.847. The van der Waals surface area contributed by atoms with E-state index < -0.39 is 10.0 Å². The van der Waals surface area contributed by atoms with Crippen LogP contribution in [0.25, 0.3) is 0 Å². The molecule has 0 N–H and O–H groups in total. The standard InChI is InChI=1S/C13H14Cl2N2O3S/c1-8(2)13-16-4-5-17(13)21(18,19)12-7-9(14)11(20-3)6-10(12)15/h4-8H,1-3H3. The van der Waals surface area contributed by atoms with Gasteiger partial charge in [0.25, 0.3) is 10.0 Å². The second-order valence-electron chi connectivity index (χ2n) is 4.66. The molecule has 114 valence electrons. The predicted molar refractivity (Wildman–Crippen MR) is 81.9 cm³/mol. The van der Waals surface area contributed by atoms with Gasteiger partial charge in [-0.05, 0) is 6.07 Å². The molecule has 0 fully saturated rings. The minimum atomic E-state index is -3.87. The second kappa shape index (κ2) is 5.87. The van der Waals surface area contributed by atoms with E-state index in [1.54, 1.807) is 0 Å². The van der Waals surface area contributed by atoms with Crippen LogP contribution in [-0.4, -0.2) is 24.5 Å². The predicted octanol–water partition coefficient (Wildman–Crippen LogP) is 3.56. The number of rotatable bonds is 4. The molecule has 5 nitrogen and oxygen atoms in total. The van der Waals surface area contributed by atoms with E-state index in [2.05, 4.69) is 4.98 Å². The van der Waals surface area contributed by atoms with Crippen LogP contribution < -0.4 is 4.74 Å². The van der Waals surface area contributed by atoms with Gasteiger partial charge >= 0.3 is 0 Å². The fraction of sp³-hybridized carbons (Fsp3) is 0.308. The summed E-state index contributed by atoms with van der Waals surface area (Å²) in [5.41, 5.74) is 0. The normalized spacial score (nSPS) is 11.9. The van der Waals surface area contributed by atoms with Gasteiger partial charge in [-0.1, -0.05) is 37.0 Å². The van der Waals surface area contributed by atoms with Crippen molar-refractivity contribution in [3.63, 3.8) is 0 Å². The Labute approximate surface area is 133 Å². The van der Waals surface area contributed by atoms with Crippen LogP contribution in [0.15, 0.2) is 29.4 Å². The molecule has 0 spiro atoms. The summed E-state index contributed by atoms with van der Waals surface area (Å²) in [5.74, 6) is 0.690. The molecule has 0 saturated carbocycles. The van der Waals surface area contributed by atoms with Crippen molar-refractivity contribution in [1.82, 2.24) is 8.96 Å². The number of halogens is 2. The van der Waals surface area contributed by atoms with Crippen molar-refractivity contribution in [3.05, 3.63) is 40.4 Å². The molecule has 0 amide bonds. The van der Waals surface area contributed by atoms with Crippen LogP contribution in [0.5, 0.6) is 5.75 Å². The fourth-order valence-electron chi connectivity index (χ4n) is 1.88. The maximum Gasteiger partial charge on any atom is 0.270 e. The van der Waals surface area contributed by atoms with Gasteiger partial charge in [0.15, 0.2) is 0 Å². The summed E-state index contributed by atoms with van der Waals surface area (Å²) < 4.78 is 31.6. The zero-order valence-corrected chi connectivity index (χ0v) is 14.0. The van der Waals surface area contributed by atoms with Crippen LogP contribution in [0.3, 0.4) is 0 Å². The van der Waals surface area contributed by atoms with Crippen molar-refractivity contribution in [2.75, 3.05) is 7.11 Å². The van der Waals surface area contributed by atoms with E-state index in [1.807, 2.05) is 13.8 Å². The molecule has 0 unspecified atom stereocenters. The summed E-state index contributed by atoms with van der Waals surface area (Å²) in [6.45, 7) is 3.72. The number of nitrogens with zero attached hydrogens (tertiary/aromatic N) is 2. The van der Waals surface area contributed by atoms with Crippen LogP contribution in [0.4, 0.5) is 0 Å². The largest absolute Gasteiger partial charge is 0.495 e. The zero-order chi connectivity index (χ0) is 15.8. The van der Waals surface area contributed by atoms with Gasteiger partial charge in [-0.25, -0.2) is 17.4 Å². The maximum absolute atomic E-state index is 12.7. The van der Waals surface area contributed by atoms with Gasteiger partial charge in [-0.2, -0.15) is 0 Å². The Morgan fingerprint density at radius 2 is 1.90 bits per heavy atom. The maximum atomic E-state index is 12.7. The van der Waals surface area contributed by atoms with E-state index in [1.165, 1.54) is 31.6 Å². The molecule has 0 atom stereocenters. The van der Waals surface area contributed by atoms with Crippen molar-refractivity contribution >= 4 is 33.2 Å². The summed E-state index contributed by atoms with van der Waals surface area (Å²) in [7, 11) is -2.44. The molecular weight excluding hydrogens is 335 g/mol. The van der Waals surface area contributed by atoms with Crippen LogP contribution in [-0.2, 0) is 10.0 Å². The molecule has 2 rings (SSSR count).